The van der Waals surface area contributed by atoms with E-state index < -0.39 is 0 Å². The van der Waals surface area contributed by atoms with Gasteiger partial charge in [-0.3, -0.25) is 0 Å². The Balaban J connectivity index is 1.57. The number of nitrogens with zero attached hydrogens (tertiary/aromatic N) is 3. The van der Waals surface area contributed by atoms with E-state index in [1.807, 2.05) is 30.8 Å². The molecule has 126 valence electrons. The fraction of sp³-hybridized carbons (Fsp3) is 0.353. The molecule has 3 rings (SSSR count). The Bertz CT molecular complexity index is 867. The van der Waals surface area contributed by atoms with Crippen molar-refractivity contribution in [3.05, 3.63) is 45.7 Å². The molecule has 0 spiro atoms. The van der Waals surface area contributed by atoms with Crippen LogP contribution in [0.5, 0.6) is 0 Å². The van der Waals surface area contributed by atoms with Crippen LogP contribution in [0, 0.1) is 6.92 Å². The van der Waals surface area contributed by atoms with Gasteiger partial charge in [0.25, 0.3) is 0 Å². The molecule has 0 saturated carbocycles. The highest BCUT2D eigenvalue weighted by atomic mass is 32.1. The Morgan fingerprint density at radius 1 is 1.29 bits per heavy atom. The van der Waals surface area contributed by atoms with Gasteiger partial charge in [-0.25, -0.2) is 14.8 Å². The minimum atomic E-state index is -0.216. The number of hydrogen-bond acceptors (Lipinski definition) is 4. The van der Waals surface area contributed by atoms with E-state index >= 15 is 0 Å². The monoisotopic (exact) mass is 343 g/mol. The molecule has 2 N–H and O–H groups in total. The molecular formula is C17H21N5OS. The smallest absolute Gasteiger partial charge is 0.315 e. The van der Waals surface area contributed by atoms with Crippen molar-refractivity contribution in [3.63, 3.8) is 0 Å². The molecule has 0 aliphatic heterocycles. The Labute approximate surface area is 144 Å². The topological polar surface area (TPSA) is 71.8 Å². The number of aryl methyl sites for hydroxylation is 3. The maximum atomic E-state index is 12.0. The van der Waals surface area contributed by atoms with Gasteiger partial charge in [0.05, 0.1) is 24.1 Å². The SMILES string of the molecule is CCc1cnc(CNC(=O)NCc2nc3cc(C)ccc3n2C)s1. The van der Waals surface area contributed by atoms with Gasteiger partial charge in [-0.1, -0.05) is 13.0 Å². The van der Waals surface area contributed by atoms with Gasteiger partial charge in [0.1, 0.15) is 10.8 Å². The highest BCUT2D eigenvalue weighted by Crippen LogP contribution is 2.16. The van der Waals surface area contributed by atoms with Crippen LogP contribution >= 0.6 is 11.3 Å². The van der Waals surface area contributed by atoms with Crippen molar-refractivity contribution in [1.29, 1.82) is 0 Å². The van der Waals surface area contributed by atoms with Crippen LogP contribution in [-0.4, -0.2) is 20.6 Å². The summed E-state index contributed by atoms with van der Waals surface area (Å²) >= 11 is 1.63. The Morgan fingerprint density at radius 2 is 2.08 bits per heavy atom. The largest absolute Gasteiger partial charge is 0.332 e. The van der Waals surface area contributed by atoms with Gasteiger partial charge in [-0.05, 0) is 31.0 Å². The van der Waals surface area contributed by atoms with E-state index in [9.17, 15) is 4.79 Å². The Hall–Kier alpha value is -2.41. The minimum Gasteiger partial charge on any atom is -0.332 e. The summed E-state index contributed by atoms with van der Waals surface area (Å²) in [6.07, 6.45) is 2.83. The number of fused-ring (bicyclic) bond motifs is 1. The van der Waals surface area contributed by atoms with E-state index in [1.165, 1.54) is 10.4 Å². The number of thiazole rings is 1. The first-order valence-corrected chi connectivity index (χ1v) is 8.75. The summed E-state index contributed by atoms with van der Waals surface area (Å²) in [5, 5.41) is 6.60. The number of aromatic nitrogens is 3. The van der Waals surface area contributed by atoms with Gasteiger partial charge in [-0.2, -0.15) is 0 Å². The normalized spacial score (nSPS) is 11.0. The molecule has 0 radical (unpaired) electrons. The van der Waals surface area contributed by atoms with Crippen LogP contribution in [-0.2, 0) is 26.6 Å². The molecule has 0 atom stereocenters. The van der Waals surface area contributed by atoms with Crippen molar-refractivity contribution >= 4 is 28.4 Å². The van der Waals surface area contributed by atoms with Crippen LogP contribution in [0.3, 0.4) is 0 Å². The molecular weight excluding hydrogens is 322 g/mol. The molecule has 0 saturated heterocycles. The lowest BCUT2D eigenvalue weighted by Crippen LogP contribution is -2.35. The second kappa shape index (κ2) is 7.00. The number of urea groups is 1. The second-order valence-corrected chi connectivity index (χ2v) is 6.89. The first-order valence-electron chi connectivity index (χ1n) is 7.94. The van der Waals surface area contributed by atoms with Crippen LogP contribution in [0.15, 0.2) is 24.4 Å². The molecule has 2 amide bonds. The fourth-order valence-electron chi connectivity index (χ4n) is 2.49. The number of benzene rings is 1. The zero-order valence-electron chi connectivity index (χ0n) is 14.1. The zero-order valence-corrected chi connectivity index (χ0v) is 14.9. The summed E-state index contributed by atoms with van der Waals surface area (Å²) < 4.78 is 2.00. The van der Waals surface area contributed by atoms with Gasteiger partial charge in [0, 0.05) is 18.1 Å². The molecule has 0 unspecified atom stereocenters. The first-order chi connectivity index (χ1) is 11.6. The average Bonchev–Trinajstić information content (AvgIpc) is 3.15. The van der Waals surface area contributed by atoms with Gasteiger partial charge in [-0.15, -0.1) is 11.3 Å². The highest BCUT2D eigenvalue weighted by molar-refractivity contribution is 7.11. The predicted molar refractivity (Wildman–Crippen MR) is 96.0 cm³/mol. The summed E-state index contributed by atoms with van der Waals surface area (Å²) in [5.74, 6) is 0.827. The quantitative estimate of drug-likeness (QED) is 0.748. The molecule has 2 heterocycles. The van der Waals surface area contributed by atoms with E-state index in [-0.39, 0.29) is 6.03 Å². The van der Waals surface area contributed by atoms with Crippen LogP contribution in [0.1, 0.15) is 28.2 Å². The number of carbonyl (C=O) groups is 1. The van der Waals surface area contributed by atoms with E-state index in [0.717, 1.165) is 28.3 Å². The van der Waals surface area contributed by atoms with E-state index in [0.29, 0.717) is 13.1 Å². The van der Waals surface area contributed by atoms with Gasteiger partial charge >= 0.3 is 6.03 Å². The molecule has 0 fully saturated rings. The van der Waals surface area contributed by atoms with Crippen LogP contribution in [0.2, 0.25) is 0 Å². The second-order valence-electron chi connectivity index (χ2n) is 5.69. The molecule has 3 aromatic rings. The number of rotatable bonds is 5. The van der Waals surface area contributed by atoms with E-state index in [1.54, 1.807) is 11.3 Å². The van der Waals surface area contributed by atoms with Crippen molar-refractivity contribution in [2.45, 2.75) is 33.4 Å². The molecule has 24 heavy (non-hydrogen) atoms. The highest BCUT2D eigenvalue weighted by Gasteiger charge is 2.09. The number of carbonyl (C=O) groups excluding carboxylic acids is 1. The van der Waals surface area contributed by atoms with Crippen molar-refractivity contribution < 1.29 is 4.79 Å². The Morgan fingerprint density at radius 3 is 2.83 bits per heavy atom. The minimum absolute atomic E-state index is 0.216. The third-order valence-corrected chi connectivity index (χ3v) is 5.03. The lowest BCUT2D eigenvalue weighted by Gasteiger charge is -2.06. The maximum absolute atomic E-state index is 12.0. The van der Waals surface area contributed by atoms with Crippen LogP contribution < -0.4 is 10.6 Å². The van der Waals surface area contributed by atoms with Crippen molar-refractivity contribution in [2.24, 2.45) is 7.05 Å². The fourth-order valence-corrected chi connectivity index (χ4v) is 3.29. The summed E-state index contributed by atoms with van der Waals surface area (Å²) in [5.41, 5.74) is 3.19. The maximum Gasteiger partial charge on any atom is 0.315 e. The summed E-state index contributed by atoms with van der Waals surface area (Å²) in [6.45, 7) is 4.96. The third-order valence-electron chi connectivity index (χ3n) is 3.89. The summed E-state index contributed by atoms with van der Waals surface area (Å²) in [6, 6.07) is 5.94. The predicted octanol–water partition coefficient (Wildman–Crippen LogP) is 2.90. The third kappa shape index (κ3) is 3.56. The van der Waals surface area contributed by atoms with Crippen LogP contribution in [0.4, 0.5) is 4.79 Å². The summed E-state index contributed by atoms with van der Waals surface area (Å²) in [7, 11) is 1.96. The van der Waals surface area contributed by atoms with Gasteiger partial charge in [0.15, 0.2) is 0 Å². The van der Waals surface area contributed by atoms with Crippen molar-refractivity contribution in [1.82, 2.24) is 25.2 Å². The molecule has 1 aromatic carbocycles. The molecule has 7 heteroatoms. The zero-order chi connectivity index (χ0) is 17.1. The van der Waals surface area contributed by atoms with Crippen molar-refractivity contribution in [2.75, 3.05) is 0 Å². The molecule has 0 aliphatic rings. The molecule has 2 aromatic heterocycles. The van der Waals surface area contributed by atoms with Crippen LogP contribution in [0.25, 0.3) is 11.0 Å². The van der Waals surface area contributed by atoms with E-state index in [2.05, 4.69) is 39.7 Å². The van der Waals surface area contributed by atoms with Crippen molar-refractivity contribution in [3.8, 4) is 0 Å². The van der Waals surface area contributed by atoms with E-state index in [4.69, 9.17) is 0 Å². The molecule has 6 nitrogen and oxygen atoms in total. The molecule has 0 aliphatic carbocycles. The lowest BCUT2D eigenvalue weighted by atomic mass is 10.2. The lowest BCUT2D eigenvalue weighted by molar-refractivity contribution is 0.239. The van der Waals surface area contributed by atoms with Gasteiger partial charge < -0.3 is 15.2 Å². The molecule has 0 bridgehead atoms. The number of imidazole rings is 1. The number of amides is 2. The number of hydrogen-bond donors (Lipinski definition) is 2. The standard InChI is InChI=1S/C17H21N5OS/c1-4-12-8-18-16(24-12)10-20-17(23)19-9-15-21-13-7-11(2)5-6-14(13)22(15)3/h5-8H,4,9-10H2,1-3H3,(H2,19,20,23). The first kappa shape index (κ1) is 16.4. The average molecular weight is 343 g/mol. The summed E-state index contributed by atoms with van der Waals surface area (Å²) in [4.78, 5) is 22.1. The number of nitrogens with one attached hydrogen (secondary N) is 2. The Kier molecular flexibility index (Phi) is 4.80. The van der Waals surface area contributed by atoms with Gasteiger partial charge in [0.2, 0.25) is 0 Å².